The first-order valence-corrected chi connectivity index (χ1v) is 7.93. The Labute approximate surface area is 149 Å². The Morgan fingerprint density at radius 3 is 1.96 bits per heavy atom. The van der Waals surface area contributed by atoms with Crippen molar-refractivity contribution in [3.63, 3.8) is 0 Å². The molecule has 0 radical (unpaired) electrons. The van der Waals surface area contributed by atoms with E-state index in [1.54, 1.807) is 12.1 Å². The monoisotopic (exact) mass is 354 g/mol. The molecule has 0 bridgehead atoms. The minimum Gasteiger partial charge on any atom is -0.478 e. The third kappa shape index (κ3) is 3.88. The van der Waals surface area contributed by atoms with Crippen molar-refractivity contribution in [1.29, 1.82) is 0 Å². The molecule has 0 aromatic heterocycles. The Morgan fingerprint density at radius 1 is 0.885 bits per heavy atom. The summed E-state index contributed by atoms with van der Waals surface area (Å²) in [6.07, 6.45) is 0. The third-order valence-corrected chi connectivity index (χ3v) is 4.03. The van der Waals surface area contributed by atoms with Gasteiger partial charge in [-0.25, -0.2) is 4.79 Å². The summed E-state index contributed by atoms with van der Waals surface area (Å²) in [5, 5.41) is 9.37. The Bertz CT molecular complexity index is 917. The van der Waals surface area contributed by atoms with Crippen LogP contribution in [0.25, 0.3) is 22.3 Å². The molecule has 0 fully saturated rings. The molecular weight excluding hydrogens is 338 g/mol. The number of hydrogen-bond acceptors (Lipinski definition) is 2. The van der Waals surface area contributed by atoms with Crippen LogP contribution < -0.4 is 4.74 Å². The predicted octanol–water partition coefficient (Wildman–Crippen LogP) is 5.63. The van der Waals surface area contributed by atoms with E-state index in [0.717, 1.165) is 16.7 Å². The van der Waals surface area contributed by atoms with Gasteiger partial charge in [0.1, 0.15) is 5.75 Å². The summed E-state index contributed by atoms with van der Waals surface area (Å²) in [5.41, 5.74) is 4.13. The average Bonchev–Trinajstić information content (AvgIpc) is 2.62. The summed E-state index contributed by atoms with van der Waals surface area (Å²) in [4.78, 5) is 11.5. The second kappa shape index (κ2) is 7.35. The van der Waals surface area contributed by atoms with Gasteiger partial charge in [-0.2, -0.15) is 8.78 Å². The van der Waals surface area contributed by atoms with Crippen molar-refractivity contribution in [3.05, 3.63) is 77.9 Å². The summed E-state index contributed by atoms with van der Waals surface area (Å²) in [6, 6.07) is 19.1. The van der Waals surface area contributed by atoms with Crippen LogP contribution in [0.2, 0.25) is 0 Å². The molecule has 0 saturated carbocycles. The van der Waals surface area contributed by atoms with E-state index in [1.165, 1.54) is 18.2 Å². The lowest BCUT2D eigenvalue weighted by molar-refractivity contribution is -0.0498. The highest BCUT2D eigenvalue weighted by molar-refractivity contribution is 5.96. The van der Waals surface area contributed by atoms with Gasteiger partial charge in [0.25, 0.3) is 0 Å². The molecule has 3 aromatic carbocycles. The Hall–Kier alpha value is -3.21. The van der Waals surface area contributed by atoms with E-state index in [-0.39, 0.29) is 11.3 Å². The summed E-state index contributed by atoms with van der Waals surface area (Å²) in [5.74, 6) is -1.21. The number of aromatic carboxylic acids is 1. The van der Waals surface area contributed by atoms with Gasteiger partial charge < -0.3 is 9.84 Å². The van der Waals surface area contributed by atoms with E-state index in [0.29, 0.717) is 11.1 Å². The highest BCUT2D eigenvalue weighted by Gasteiger charge is 2.15. The number of aryl methyl sites for hydroxylation is 1. The second-order valence-corrected chi connectivity index (χ2v) is 5.83. The third-order valence-electron chi connectivity index (χ3n) is 4.03. The number of carboxylic acid groups (broad SMARTS) is 1. The Kier molecular flexibility index (Phi) is 4.98. The molecule has 1 N–H and O–H groups in total. The zero-order chi connectivity index (χ0) is 18.7. The van der Waals surface area contributed by atoms with E-state index in [1.807, 2.05) is 43.3 Å². The molecule has 0 atom stereocenters. The second-order valence-electron chi connectivity index (χ2n) is 5.83. The maximum absolute atomic E-state index is 12.4. The largest absolute Gasteiger partial charge is 0.478 e. The average molecular weight is 354 g/mol. The standard InChI is InChI=1S/C21H16F2O3/c1-13-2-4-14(5-3-13)15-6-8-16(9-7-15)19-12-17(26-21(22)23)10-11-18(19)20(24)25/h2-12,21H,1H3,(H,24,25). The van der Waals surface area contributed by atoms with Gasteiger partial charge in [-0.1, -0.05) is 54.1 Å². The van der Waals surface area contributed by atoms with Gasteiger partial charge in [-0.15, -0.1) is 0 Å². The number of benzene rings is 3. The molecule has 0 saturated heterocycles. The first-order valence-electron chi connectivity index (χ1n) is 7.93. The van der Waals surface area contributed by atoms with Crippen molar-refractivity contribution in [2.24, 2.45) is 0 Å². The van der Waals surface area contributed by atoms with Gasteiger partial charge in [-0.05, 0) is 47.4 Å². The fourth-order valence-electron chi connectivity index (χ4n) is 2.71. The SMILES string of the molecule is Cc1ccc(-c2ccc(-c3cc(OC(F)F)ccc3C(=O)O)cc2)cc1. The van der Waals surface area contributed by atoms with Crippen molar-refractivity contribution in [2.75, 3.05) is 0 Å². The molecule has 0 amide bonds. The number of halogens is 2. The summed E-state index contributed by atoms with van der Waals surface area (Å²) in [6.45, 7) is -0.961. The van der Waals surface area contributed by atoms with Crippen molar-refractivity contribution < 1.29 is 23.4 Å². The molecule has 0 unspecified atom stereocenters. The lowest BCUT2D eigenvalue weighted by Gasteiger charge is -2.11. The number of ether oxygens (including phenoxy) is 1. The van der Waals surface area contributed by atoms with Crippen LogP contribution in [-0.4, -0.2) is 17.7 Å². The summed E-state index contributed by atoms with van der Waals surface area (Å²) >= 11 is 0. The fourth-order valence-corrected chi connectivity index (χ4v) is 2.71. The topological polar surface area (TPSA) is 46.5 Å². The number of alkyl halides is 2. The highest BCUT2D eigenvalue weighted by Crippen LogP contribution is 2.31. The summed E-state index contributed by atoms with van der Waals surface area (Å²) in [7, 11) is 0. The van der Waals surface area contributed by atoms with Gasteiger partial charge in [0.15, 0.2) is 0 Å². The quantitative estimate of drug-likeness (QED) is 0.646. The van der Waals surface area contributed by atoms with Crippen LogP contribution in [0.4, 0.5) is 8.78 Å². The number of hydrogen-bond donors (Lipinski definition) is 1. The van der Waals surface area contributed by atoms with E-state index in [2.05, 4.69) is 4.74 Å². The maximum Gasteiger partial charge on any atom is 0.387 e. The predicted molar refractivity (Wildman–Crippen MR) is 95.6 cm³/mol. The van der Waals surface area contributed by atoms with Gasteiger partial charge in [0.05, 0.1) is 5.56 Å². The van der Waals surface area contributed by atoms with Crippen LogP contribution in [0.5, 0.6) is 5.75 Å². The lowest BCUT2D eigenvalue weighted by atomic mass is 9.96. The molecule has 0 aliphatic rings. The normalized spacial score (nSPS) is 10.8. The smallest absolute Gasteiger partial charge is 0.387 e. The molecule has 3 rings (SSSR count). The first-order chi connectivity index (χ1) is 12.4. The van der Waals surface area contributed by atoms with Crippen molar-refractivity contribution >= 4 is 5.97 Å². The van der Waals surface area contributed by atoms with Crippen LogP contribution >= 0.6 is 0 Å². The Morgan fingerprint density at radius 2 is 1.42 bits per heavy atom. The van der Waals surface area contributed by atoms with Crippen molar-refractivity contribution in [2.45, 2.75) is 13.5 Å². The van der Waals surface area contributed by atoms with Crippen LogP contribution in [0.3, 0.4) is 0 Å². The number of carbonyl (C=O) groups is 1. The molecule has 0 aliphatic heterocycles. The molecule has 3 nitrogen and oxygen atoms in total. The zero-order valence-electron chi connectivity index (χ0n) is 13.9. The maximum atomic E-state index is 12.4. The molecule has 0 heterocycles. The number of rotatable bonds is 5. The molecule has 3 aromatic rings. The van der Waals surface area contributed by atoms with Crippen molar-refractivity contribution in [1.82, 2.24) is 0 Å². The number of carboxylic acids is 1. The van der Waals surface area contributed by atoms with Gasteiger partial charge in [-0.3, -0.25) is 0 Å². The zero-order valence-corrected chi connectivity index (χ0v) is 13.9. The minimum absolute atomic E-state index is 0.0229. The molecule has 5 heteroatoms. The highest BCUT2D eigenvalue weighted by atomic mass is 19.3. The van der Waals surface area contributed by atoms with Crippen LogP contribution in [-0.2, 0) is 0 Å². The lowest BCUT2D eigenvalue weighted by Crippen LogP contribution is -2.04. The molecular formula is C21H16F2O3. The van der Waals surface area contributed by atoms with Gasteiger partial charge in [0, 0.05) is 0 Å². The Balaban J connectivity index is 1.99. The molecule has 132 valence electrons. The fraction of sp³-hybridized carbons (Fsp3) is 0.0952. The van der Waals surface area contributed by atoms with E-state index >= 15 is 0 Å². The van der Waals surface area contributed by atoms with Crippen LogP contribution in [0, 0.1) is 6.92 Å². The van der Waals surface area contributed by atoms with E-state index in [9.17, 15) is 18.7 Å². The van der Waals surface area contributed by atoms with Gasteiger partial charge in [0.2, 0.25) is 0 Å². The summed E-state index contributed by atoms with van der Waals surface area (Å²) < 4.78 is 29.3. The van der Waals surface area contributed by atoms with Gasteiger partial charge >= 0.3 is 12.6 Å². The first kappa shape index (κ1) is 17.6. The molecule has 0 spiro atoms. The van der Waals surface area contributed by atoms with E-state index in [4.69, 9.17) is 0 Å². The molecule has 0 aliphatic carbocycles. The van der Waals surface area contributed by atoms with Crippen LogP contribution in [0.15, 0.2) is 66.7 Å². The van der Waals surface area contributed by atoms with E-state index < -0.39 is 12.6 Å². The minimum atomic E-state index is -2.97. The molecule has 26 heavy (non-hydrogen) atoms. The van der Waals surface area contributed by atoms with Crippen molar-refractivity contribution in [3.8, 4) is 28.0 Å². The van der Waals surface area contributed by atoms with Crippen LogP contribution in [0.1, 0.15) is 15.9 Å².